The molecule has 172 valence electrons. The van der Waals surface area contributed by atoms with Crippen LogP contribution in [0.1, 0.15) is 0 Å². The molecule has 0 unspecified atom stereocenters. The fourth-order valence-corrected chi connectivity index (χ4v) is 5.08. The predicted molar refractivity (Wildman–Crippen MR) is 142 cm³/mol. The summed E-state index contributed by atoms with van der Waals surface area (Å²) in [5.41, 5.74) is 7.23. The largest absolute Gasteiger partial charge is 0.369 e. The van der Waals surface area contributed by atoms with Crippen molar-refractivity contribution in [1.82, 2.24) is 30.0 Å². The molecule has 0 bridgehead atoms. The minimum Gasteiger partial charge on any atom is -0.369 e. The number of hydrogen-bond acceptors (Lipinski definition) is 5. The number of nitrogens with zero attached hydrogens (tertiary/aromatic N) is 5. The Hall–Kier alpha value is -4.23. The number of fused-ring (bicyclic) bond motifs is 3. The topological polar surface area (TPSA) is 76.7 Å². The number of likely N-dealkylation sites (N-methyl/N-ethyl adjacent to an activating group) is 1. The van der Waals surface area contributed by atoms with Crippen molar-refractivity contribution in [2.75, 3.05) is 38.1 Å². The first-order chi connectivity index (χ1) is 17.2. The number of H-pyrrole nitrogens is 2. The number of aromatic nitrogens is 5. The second-order valence-corrected chi connectivity index (χ2v) is 9.32. The highest BCUT2D eigenvalue weighted by molar-refractivity contribution is 6.00. The van der Waals surface area contributed by atoms with Gasteiger partial charge in [-0.2, -0.15) is 5.10 Å². The van der Waals surface area contributed by atoms with Crippen LogP contribution in [0.5, 0.6) is 0 Å². The molecule has 6 aromatic rings. The predicted octanol–water partition coefficient (Wildman–Crippen LogP) is 5.07. The molecule has 0 aliphatic carbocycles. The van der Waals surface area contributed by atoms with Crippen molar-refractivity contribution in [3.63, 3.8) is 0 Å². The maximum atomic E-state index is 4.94. The van der Waals surface area contributed by atoms with Crippen LogP contribution in [0.3, 0.4) is 0 Å². The van der Waals surface area contributed by atoms with E-state index in [0.717, 1.165) is 76.1 Å². The average Bonchev–Trinajstić information content (AvgIpc) is 3.52. The molecule has 7 heteroatoms. The zero-order valence-corrected chi connectivity index (χ0v) is 19.5. The normalized spacial score (nSPS) is 14.9. The lowest BCUT2D eigenvalue weighted by Gasteiger charge is -2.34. The number of hydrogen-bond donors (Lipinski definition) is 2. The molecule has 7 nitrogen and oxygen atoms in total. The number of benzene rings is 3. The van der Waals surface area contributed by atoms with Crippen molar-refractivity contribution in [3.05, 3.63) is 73.1 Å². The standard InChI is InChI=1S/C28H25N7/c1-34-10-12-35(13-11-34)20-7-9-25-26(15-20)31-28(30-25)27-22-14-18(6-8-24(22)32-33-27)23-17-29-16-19-4-2-3-5-21(19)23/h2-9,14-17H,10-13H2,1H3,(H,30,31)(H,32,33). The van der Waals surface area contributed by atoms with Crippen LogP contribution in [0.25, 0.3) is 55.4 Å². The van der Waals surface area contributed by atoms with Crippen LogP contribution in [-0.2, 0) is 0 Å². The van der Waals surface area contributed by atoms with Gasteiger partial charge in [0.2, 0.25) is 0 Å². The lowest BCUT2D eigenvalue weighted by atomic mass is 9.99. The molecular weight excluding hydrogens is 434 g/mol. The van der Waals surface area contributed by atoms with E-state index in [4.69, 9.17) is 4.98 Å². The van der Waals surface area contributed by atoms with Gasteiger partial charge in [-0.15, -0.1) is 0 Å². The highest BCUT2D eigenvalue weighted by atomic mass is 15.2. The number of anilines is 1. The molecule has 1 saturated heterocycles. The summed E-state index contributed by atoms with van der Waals surface area (Å²) in [6, 6.07) is 21.2. The highest BCUT2D eigenvalue weighted by Gasteiger charge is 2.17. The molecule has 1 aliphatic heterocycles. The highest BCUT2D eigenvalue weighted by Crippen LogP contribution is 2.33. The monoisotopic (exact) mass is 459 g/mol. The van der Waals surface area contributed by atoms with Crippen LogP contribution in [0.15, 0.2) is 73.1 Å². The fraction of sp³-hybridized carbons (Fsp3) is 0.179. The second kappa shape index (κ2) is 7.92. The van der Waals surface area contributed by atoms with Crippen LogP contribution < -0.4 is 4.90 Å². The number of pyridine rings is 1. The van der Waals surface area contributed by atoms with Crippen molar-refractivity contribution >= 4 is 38.4 Å². The third-order valence-electron chi connectivity index (χ3n) is 7.10. The summed E-state index contributed by atoms with van der Waals surface area (Å²) < 4.78 is 0. The van der Waals surface area contributed by atoms with Gasteiger partial charge in [-0.3, -0.25) is 10.1 Å². The van der Waals surface area contributed by atoms with Crippen LogP contribution in [0.2, 0.25) is 0 Å². The first kappa shape index (κ1) is 20.2. The maximum absolute atomic E-state index is 4.94. The van der Waals surface area contributed by atoms with E-state index in [0.29, 0.717) is 0 Å². The van der Waals surface area contributed by atoms with Crippen molar-refractivity contribution in [2.45, 2.75) is 0 Å². The Labute approximate surface area is 202 Å². The second-order valence-electron chi connectivity index (χ2n) is 9.32. The van der Waals surface area contributed by atoms with Crippen LogP contribution in [-0.4, -0.2) is 63.3 Å². The first-order valence-electron chi connectivity index (χ1n) is 12.0. The van der Waals surface area contributed by atoms with Gasteiger partial charge in [0.05, 0.1) is 16.6 Å². The van der Waals surface area contributed by atoms with E-state index in [2.05, 4.69) is 91.6 Å². The van der Waals surface area contributed by atoms with Crippen LogP contribution in [0, 0.1) is 0 Å². The molecule has 7 rings (SSSR count). The van der Waals surface area contributed by atoms with E-state index >= 15 is 0 Å². The summed E-state index contributed by atoms with van der Waals surface area (Å²) in [6.45, 7) is 4.24. The summed E-state index contributed by atoms with van der Waals surface area (Å²) in [5.74, 6) is 0.773. The molecule has 0 saturated carbocycles. The summed E-state index contributed by atoms with van der Waals surface area (Å²) in [6.07, 6.45) is 3.84. The van der Waals surface area contributed by atoms with Crippen LogP contribution in [0.4, 0.5) is 5.69 Å². The van der Waals surface area contributed by atoms with Crippen molar-refractivity contribution in [3.8, 4) is 22.6 Å². The molecule has 0 spiro atoms. The van der Waals surface area contributed by atoms with E-state index in [1.54, 1.807) is 0 Å². The Morgan fingerprint density at radius 2 is 1.69 bits per heavy atom. The molecule has 35 heavy (non-hydrogen) atoms. The number of imidazole rings is 1. The molecule has 0 radical (unpaired) electrons. The summed E-state index contributed by atoms with van der Waals surface area (Å²) in [4.78, 5) is 17.7. The quantitative estimate of drug-likeness (QED) is 0.386. The Morgan fingerprint density at radius 1 is 0.829 bits per heavy atom. The van der Waals surface area contributed by atoms with Gasteiger partial charge in [0.25, 0.3) is 0 Å². The Kier molecular flexibility index (Phi) is 4.57. The van der Waals surface area contributed by atoms with E-state index in [-0.39, 0.29) is 0 Å². The smallest absolute Gasteiger partial charge is 0.159 e. The van der Waals surface area contributed by atoms with E-state index in [9.17, 15) is 0 Å². The summed E-state index contributed by atoms with van der Waals surface area (Å²) in [7, 11) is 2.18. The zero-order valence-electron chi connectivity index (χ0n) is 19.5. The SMILES string of the molecule is CN1CCN(c2ccc3[nH]c(-c4n[nH]c5ccc(-c6cncc7ccccc67)cc45)nc3c2)CC1. The minimum absolute atomic E-state index is 0.773. The van der Waals surface area contributed by atoms with Gasteiger partial charge in [-0.1, -0.05) is 30.3 Å². The molecule has 1 fully saturated rings. The molecule has 3 aromatic heterocycles. The van der Waals surface area contributed by atoms with Gasteiger partial charge in [0, 0.05) is 60.6 Å². The Balaban J connectivity index is 1.30. The van der Waals surface area contributed by atoms with Crippen molar-refractivity contribution < 1.29 is 0 Å². The number of piperazine rings is 1. The zero-order chi connectivity index (χ0) is 23.4. The molecule has 4 heterocycles. The lowest BCUT2D eigenvalue weighted by molar-refractivity contribution is 0.313. The van der Waals surface area contributed by atoms with Gasteiger partial charge in [-0.25, -0.2) is 4.98 Å². The third kappa shape index (κ3) is 3.43. The molecule has 0 atom stereocenters. The van der Waals surface area contributed by atoms with Crippen molar-refractivity contribution in [1.29, 1.82) is 0 Å². The Bertz CT molecular complexity index is 1680. The first-order valence-corrected chi connectivity index (χ1v) is 12.0. The van der Waals surface area contributed by atoms with Gasteiger partial charge in [0.1, 0.15) is 5.69 Å². The molecular formula is C28H25N7. The maximum Gasteiger partial charge on any atom is 0.159 e. The molecule has 0 amide bonds. The fourth-order valence-electron chi connectivity index (χ4n) is 5.08. The van der Waals surface area contributed by atoms with Gasteiger partial charge in [0.15, 0.2) is 5.82 Å². The van der Waals surface area contributed by atoms with Crippen molar-refractivity contribution in [2.24, 2.45) is 0 Å². The number of nitrogens with one attached hydrogen (secondary N) is 2. The summed E-state index contributed by atoms with van der Waals surface area (Å²) in [5, 5.41) is 11.2. The van der Waals surface area contributed by atoms with Gasteiger partial charge < -0.3 is 14.8 Å². The van der Waals surface area contributed by atoms with Crippen LogP contribution >= 0.6 is 0 Å². The van der Waals surface area contributed by atoms with Gasteiger partial charge >= 0.3 is 0 Å². The average molecular weight is 460 g/mol. The van der Waals surface area contributed by atoms with E-state index in [1.807, 2.05) is 18.5 Å². The lowest BCUT2D eigenvalue weighted by Crippen LogP contribution is -2.44. The minimum atomic E-state index is 0.773. The summed E-state index contributed by atoms with van der Waals surface area (Å²) >= 11 is 0. The molecule has 2 N–H and O–H groups in total. The third-order valence-corrected chi connectivity index (χ3v) is 7.10. The van der Waals surface area contributed by atoms with E-state index in [1.165, 1.54) is 11.1 Å². The number of rotatable bonds is 3. The molecule has 1 aliphatic rings. The molecule has 3 aromatic carbocycles. The number of aromatic amines is 2. The Morgan fingerprint density at radius 3 is 2.60 bits per heavy atom. The van der Waals surface area contributed by atoms with E-state index < -0.39 is 0 Å². The van der Waals surface area contributed by atoms with Gasteiger partial charge in [-0.05, 0) is 48.3 Å².